The van der Waals surface area contributed by atoms with E-state index in [1.54, 1.807) is 6.08 Å². The van der Waals surface area contributed by atoms with Crippen LogP contribution in [-0.2, 0) is 11.2 Å². The molecule has 0 saturated heterocycles. The largest absolute Gasteiger partial charge is 0.299 e. The fourth-order valence-electron chi connectivity index (χ4n) is 1.10. The number of hydrogen-bond acceptors (Lipinski definition) is 1. The number of carbonyl (C=O) groups excluding carboxylic acids is 1. The summed E-state index contributed by atoms with van der Waals surface area (Å²) < 4.78 is 1.23. The van der Waals surface area contributed by atoms with E-state index in [0.29, 0.717) is 0 Å². The van der Waals surface area contributed by atoms with Crippen molar-refractivity contribution in [3.8, 4) is 0 Å². The van der Waals surface area contributed by atoms with E-state index < -0.39 is 0 Å². The van der Waals surface area contributed by atoms with E-state index in [2.05, 4.69) is 46.9 Å². The molecular weight excluding hydrogens is 275 g/mol. The Labute approximate surface area is 92.0 Å². The van der Waals surface area contributed by atoms with Gasteiger partial charge in [-0.05, 0) is 59.7 Å². The highest BCUT2D eigenvalue weighted by Crippen LogP contribution is 2.10. The van der Waals surface area contributed by atoms with Crippen molar-refractivity contribution in [1.82, 2.24) is 0 Å². The molecule has 1 rings (SSSR count). The van der Waals surface area contributed by atoms with Crippen molar-refractivity contribution in [2.75, 3.05) is 0 Å². The lowest BCUT2D eigenvalue weighted by atomic mass is 10.1. The summed E-state index contributed by atoms with van der Waals surface area (Å²) in [6, 6.07) is 8.32. The van der Waals surface area contributed by atoms with Gasteiger partial charge in [0.05, 0.1) is 0 Å². The maximum absolute atomic E-state index is 10.2. The van der Waals surface area contributed by atoms with Gasteiger partial charge in [0.25, 0.3) is 0 Å². The van der Waals surface area contributed by atoms with Gasteiger partial charge in [0.2, 0.25) is 0 Å². The monoisotopic (exact) mass is 286 g/mol. The summed E-state index contributed by atoms with van der Waals surface area (Å²) in [6.07, 6.45) is 3.30. The van der Waals surface area contributed by atoms with Crippen molar-refractivity contribution >= 4 is 28.9 Å². The van der Waals surface area contributed by atoms with Crippen molar-refractivity contribution in [2.45, 2.75) is 13.3 Å². The van der Waals surface area contributed by atoms with Crippen LogP contribution in [0.15, 0.2) is 35.9 Å². The molecule has 0 heterocycles. The molecule has 0 amide bonds. The van der Waals surface area contributed by atoms with E-state index in [-0.39, 0.29) is 0 Å². The quantitative estimate of drug-likeness (QED) is 0.474. The van der Waals surface area contributed by atoms with Gasteiger partial charge in [0.15, 0.2) is 0 Å². The van der Waals surface area contributed by atoms with Crippen LogP contribution in [0.5, 0.6) is 0 Å². The summed E-state index contributed by atoms with van der Waals surface area (Å²) in [7, 11) is 0. The van der Waals surface area contributed by atoms with Gasteiger partial charge in [0, 0.05) is 3.57 Å². The predicted molar refractivity (Wildman–Crippen MR) is 62.7 cm³/mol. The maximum Gasteiger partial charge on any atom is 0.142 e. The van der Waals surface area contributed by atoms with Crippen molar-refractivity contribution in [3.63, 3.8) is 0 Å². The first-order valence-corrected chi connectivity index (χ1v) is 5.15. The van der Waals surface area contributed by atoms with E-state index >= 15 is 0 Å². The first kappa shape index (κ1) is 10.4. The SMILES string of the molecule is C/C(=C\C=O)Cc1ccc(I)cc1. The van der Waals surface area contributed by atoms with Crippen molar-refractivity contribution < 1.29 is 4.79 Å². The lowest BCUT2D eigenvalue weighted by molar-refractivity contribution is -0.104. The molecule has 0 N–H and O–H groups in total. The Morgan fingerprint density at radius 2 is 2.00 bits per heavy atom. The van der Waals surface area contributed by atoms with E-state index in [4.69, 9.17) is 0 Å². The minimum Gasteiger partial charge on any atom is -0.299 e. The average molecular weight is 286 g/mol. The lowest BCUT2D eigenvalue weighted by Gasteiger charge is -2.00. The number of hydrogen-bond donors (Lipinski definition) is 0. The van der Waals surface area contributed by atoms with Crippen LogP contribution in [0.2, 0.25) is 0 Å². The Morgan fingerprint density at radius 1 is 1.38 bits per heavy atom. The second-order valence-electron chi connectivity index (χ2n) is 2.95. The number of carbonyl (C=O) groups is 1. The van der Waals surface area contributed by atoms with Gasteiger partial charge in [-0.25, -0.2) is 0 Å². The zero-order valence-electron chi connectivity index (χ0n) is 7.46. The first-order valence-electron chi connectivity index (χ1n) is 4.08. The zero-order valence-corrected chi connectivity index (χ0v) is 9.61. The molecule has 1 aromatic rings. The third-order valence-corrected chi connectivity index (χ3v) is 2.47. The first-order chi connectivity index (χ1) is 6.22. The molecule has 0 saturated carbocycles. The van der Waals surface area contributed by atoms with E-state index in [1.165, 1.54) is 9.13 Å². The van der Waals surface area contributed by atoms with Gasteiger partial charge in [-0.3, -0.25) is 4.79 Å². The van der Waals surface area contributed by atoms with Crippen LogP contribution in [0.4, 0.5) is 0 Å². The molecule has 0 fully saturated rings. The van der Waals surface area contributed by atoms with E-state index in [0.717, 1.165) is 18.3 Å². The zero-order chi connectivity index (χ0) is 9.68. The molecule has 0 aliphatic heterocycles. The fraction of sp³-hybridized carbons (Fsp3) is 0.182. The molecular formula is C11H11IO. The summed E-state index contributed by atoms with van der Waals surface area (Å²) in [5, 5.41) is 0. The molecule has 68 valence electrons. The number of aldehydes is 1. The van der Waals surface area contributed by atoms with Crippen molar-refractivity contribution in [3.05, 3.63) is 45.0 Å². The lowest BCUT2D eigenvalue weighted by Crippen LogP contribution is -1.87. The second-order valence-corrected chi connectivity index (χ2v) is 4.20. The van der Waals surface area contributed by atoms with Crippen LogP contribution < -0.4 is 0 Å². The van der Waals surface area contributed by atoms with Crippen molar-refractivity contribution in [1.29, 1.82) is 0 Å². The molecule has 1 nitrogen and oxygen atoms in total. The highest BCUT2D eigenvalue weighted by atomic mass is 127. The van der Waals surface area contributed by atoms with Gasteiger partial charge in [-0.2, -0.15) is 0 Å². The van der Waals surface area contributed by atoms with Crippen LogP contribution in [-0.4, -0.2) is 6.29 Å². The smallest absolute Gasteiger partial charge is 0.142 e. The molecule has 1 aromatic carbocycles. The minimum atomic E-state index is 0.835. The molecule has 0 radical (unpaired) electrons. The Hall–Kier alpha value is -0.640. The fourth-order valence-corrected chi connectivity index (χ4v) is 1.46. The molecule has 0 spiro atoms. The van der Waals surface area contributed by atoms with Crippen LogP contribution >= 0.6 is 22.6 Å². The van der Waals surface area contributed by atoms with Gasteiger partial charge in [-0.15, -0.1) is 0 Å². The van der Waals surface area contributed by atoms with Crippen LogP contribution in [0.3, 0.4) is 0 Å². The maximum atomic E-state index is 10.2. The summed E-state index contributed by atoms with van der Waals surface area (Å²) in [4.78, 5) is 10.2. The molecule has 0 aliphatic rings. The van der Waals surface area contributed by atoms with Gasteiger partial charge in [0.1, 0.15) is 6.29 Å². The molecule has 0 aromatic heterocycles. The van der Waals surface area contributed by atoms with Crippen LogP contribution in [0, 0.1) is 3.57 Å². The molecule has 0 atom stereocenters. The Balaban J connectivity index is 2.69. The number of rotatable bonds is 3. The number of benzene rings is 1. The summed E-state index contributed by atoms with van der Waals surface area (Å²) in [5.74, 6) is 0. The second kappa shape index (κ2) is 5.17. The third kappa shape index (κ3) is 3.72. The summed E-state index contributed by atoms with van der Waals surface area (Å²) >= 11 is 2.28. The molecule has 13 heavy (non-hydrogen) atoms. The molecule has 2 heteroatoms. The molecule has 0 bridgehead atoms. The topological polar surface area (TPSA) is 17.1 Å². The van der Waals surface area contributed by atoms with Gasteiger partial charge < -0.3 is 0 Å². The Morgan fingerprint density at radius 3 is 2.54 bits per heavy atom. The van der Waals surface area contributed by atoms with Gasteiger partial charge >= 0.3 is 0 Å². The number of halogens is 1. The Bertz CT molecular complexity index is 311. The minimum absolute atomic E-state index is 0.835. The van der Waals surface area contributed by atoms with E-state index in [9.17, 15) is 4.79 Å². The Kier molecular flexibility index (Phi) is 4.15. The molecule has 0 aliphatic carbocycles. The third-order valence-electron chi connectivity index (χ3n) is 1.75. The van der Waals surface area contributed by atoms with Crippen LogP contribution in [0.25, 0.3) is 0 Å². The van der Waals surface area contributed by atoms with Gasteiger partial charge in [-0.1, -0.05) is 17.7 Å². The normalized spacial score (nSPS) is 11.4. The molecule has 0 unspecified atom stereocenters. The standard InChI is InChI=1S/C11H11IO/c1-9(6-7-13)8-10-2-4-11(12)5-3-10/h2-7H,8H2,1H3/b9-6+. The summed E-state index contributed by atoms with van der Waals surface area (Å²) in [5.41, 5.74) is 2.34. The highest BCUT2D eigenvalue weighted by molar-refractivity contribution is 14.1. The predicted octanol–water partition coefficient (Wildman–Crippen LogP) is 2.98. The van der Waals surface area contributed by atoms with Crippen LogP contribution in [0.1, 0.15) is 12.5 Å². The average Bonchev–Trinajstić information content (AvgIpc) is 2.09. The highest BCUT2D eigenvalue weighted by Gasteiger charge is 1.93. The summed E-state index contributed by atoms with van der Waals surface area (Å²) in [6.45, 7) is 1.96. The van der Waals surface area contributed by atoms with E-state index in [1.807, 2.05) is 6.92 Å². The van der Waals surface area contributed by atoms with Crippen molar-refractivity contribution in [2.24, 2.45) is 0 Å². The number of allylic oxidation sites excluding steroid dienone is 2.